The monoisotopic (exact) mass is 390 g/mol. The first kappa shape index (κ1) is 25.0. The maximum atomic E-state index is 10.4. The smallest absolute Gasteiger partial charge is 0.205 e. The molecule has 1 unspecified atom stereocenters. The quantitative estimate of drug-likeness (QED) is 0.190. The third kappa shape index (κ3) is 15.0. The van der Waals surface area contributed by atoms with E-state index in [0.717, 1.165) is 12.2 Å². The van der Waals surface area contributed by atoms with Crippen molar-refractivity contribution in [2.75, 3.05) is 0 Å². The summed E-state index contributed by atoms with van der Waals surface area (Å²) in [5.41, 5.74) is 0. The predicted octanol–water partition coefficient (Wildman–Crippen LogP) is 8.43. The largest absolute Gasteiger partial charge is 0.463 e. The van der Waals surface area contributed by atoms with E-state index in [4.69, 9.17) is 4.74 Å². The summed E-state index contributed by atoms with van der Waals surface area (Å²) in [6, 6.07) is 9.60. The molecule has 2 heteroatoms. The summed E-state index contributed by atoms with van der Waals surface area (Å²) in [5, 5.41) is 10.4. The third-order valence-electron chi connectivity index (χ3n) is 5.58. The second kappa shape index (κ2) is 16.9. The van der Waals surface area contributed by atoms with Crippen LogP contribution in [0.3, 0.4) is 0 Å². The van der Waals surface area contributed by atoms with Crippen molar-refractivity contribution in [2.24, 2.45) is 0 Å². The average molecular weight is 391 g/mol. The topological polar surface area (TPSA) is 29.5 Å². The summed E-state index contributed by atoms with van der Waals surface area (Å²) < 4.78 is 5.68. The highest BCUT2D eigenvalue weighted by Crippen LogP contribution is 2.21. The molecular formula is C26H46O2. The molecule has 1 aromatic rings. The van der Waals surface area contributed by atoms with Crippen molar-refractivity contribution in [3.05, 3.63) is 30.3 Å². The van der Waals surface area contributed by atoms with Gasteiger partial charge in [-0.15, -0.1) is 0 Å². The lowest BCUT2D eigenvalue weighted by Gasteiger charge is -2.24. The molecule has 0 amide bonds. The molecule has 0 spiro atoms. The molecule has 162 valence electrons. The van der Waals surface area contributed by atoms with Gasteiger partial charge in [-0.25, -0.2) is 0 Å². The summed E-state index contributed by atoms with van der Waals surface area (Å²) in [7, 11) is 0. The summed E-state index contributed by atoms with van der Waals surface area (Å²) in [4.78, 5) is 0. The summed E-state index contributed by atoms with van der Waals surface area (Å²) in [6.45, 7) is 4.05. The van der Waals surface area contributed by atoms with Crippen LogP contribution >= 0.6 is 0 Å². The Morgan fingerprint density at radius 3 is 1.46 bits per heavy atom. The van der Waals surface area contributed by atoms with Crippen molar-refractivity contribution in [1.29, 1.82) is 0 Å². The minimum atomic E-state index is -1.06. The van der Waals surface area contributed by atoms with Gasteiger partial charge in [0, 0.05) is 13.3 Å². The molecule has 0 saturated carbocycles. The van der Waals surface area contributed by atoms with Gasteiger partial charge in [-0.3, -0.25) is 0 Å². The maximum Gasteiger partial charge on any atom is 0.205 e. The van der Waals surface area contributed by atoms with Crippen LogP contribution < -0.4 is 4.74 Å². The third-order valence-corrected chi connectivity index (χ3v) is 5.58. The minimum absolute atomic E-state index is 0.695. The minimum Gasteiger partial charge on any atom is -0.463 e. The van der Waals surface area contributed by atoms with Gasteiger partial charge in [-0.1, -0.05) is 121 Å². The number of aliphatic hydroxyl groups is 1. The zero-order valence-electron chi connectivity index (χ0n) is 18.8. The Labute approximate surface area is 175 Å². The zero-order chi connectivity index (χ0) is 20.3. The lowest BCUT2D eigenvalue weighted by atomic mass is 10.0. The molecule has 0 saturated heterocycles. The number of unbranched alkanes of at least 4 members (excludes halogenated alkanes) is 15. The number of benzene rings is 1. The Hall–Kier alpha value is -1.02. The van der Waals surface area contributed by atoms with Gasteiger partial charge in [0.15, 0.2) is 0 Å². The van der Waals surface area contributed by atoms with Gasteiger partial charge in [-0.05, 0) is 18.6 Å². The van der Waals surface area contributed by atoms with Gasteiger partial charge in [0.05, 0.1) is 0 Å². The molecular weight excluding hydrogens is 344 g/mol. The van der Waals surface area contributed by atoms with Gasteiger partial charge in [0.1, 0.15) is 5.75 Å². The van der Waals surface area contributed by atoms with Gasteiger partial charge in [0.2, 0.25) is 5.79 Å². The summed E-state index contributed by atoms with van der Waals surface area (Å²) in [6.07, 6.45) is 22.5. The SMILES string of the molecule is CCCCCCCCCCCCCCCCCCC(C)(O)Oc1ccccc1. The zero-order valence-corrected chi connectivity index (χ0v) is 18.8. The van der Waals surface area contributed by atoms with E-state index in [1.165, 1.54) is 96.3 Å². The molecule has 0 aliphatic rings. The van der Waals surface area contributed by atoms with Gasteiger partial charge < -0.3 is 9.84 Å². The number of hydrogen-bond acceptors (Lipinski definition) is 2. The molecule has 0 fully saturated rings. The average Bonchev–Trinajstić information content (AvgIpc) is 2.68. The van der Waals surface area contributed by atoms with Crippen molar-refractivity contribution in [3.8, 4) is 5.75 Å². The van der Waals surface area contributed by atoms with E-state index in [2.05, 4.69) is 6.92 Å². The van der Waals surface area contributed by atoms with Crippen molar-refractivity contribution in [2.45, 2.75) is 129 Å². The first-order valence-electron chi connectivity index (χ1n) is 12.1. The lowest BCUT2D eigenvalue weighted by molar-refractivity contribution is -0.127. The number of rotatable bonds is 19. The summed E-state index contributed by atoms with van der Waals surface area (Å²) >= 11 is 0. The van der Waals surface area contributed by atoms with Crippen LogP contribution in [-0.2, 0) is 0 Å². The lowest BCUT2D eigenvalue weighted by Crippen LogP contribution is -2.31. The van der Waals surface area contributed by atoms with Gasteiger partial charge in [-0.2, -0.15) is 0 Å². The fourth-order valence-corrected chi connectivity index (χ4v) is 3.79. The van der Waals surface area contributed by atoms with Gasteiger partial charge >= 0.3 is 0 Å². The van der Waals surface area contributed by atoms with Crippen molar-refractivity contribution in [1.82, 2.24) is 0 Å². The highest BCUT2D eigenvalue weighted by molar-refractivity contribution is 5.21. The van der Waals surface area contributed by atoms with Crippen LogP contribution in [-0.4, -0.2) is 10.9 Å². The fourth-order valence-electron chi connectivity index (χ4n) is 3.79. The van der Waals surface area contributed by atoms with Crippen molar-refractivity contribution in [3.63, 3.8) is 0 Å². The predicted molar refractivity (Wildman–Crippen MR) is 122 cm³/mol. The maximum absolute atomic E-state index is 10.4. The number of hydrogen-bond donors (Lipinski definition) is 1. The van der Waals surface area contributed by atoms with E-state index < -0.39 is 5.79 Å². The molecule has 2 nitrogen and oxygen atoms in total. The Morgan fingerprint density at radius 2 is 1.04 bits per heavy atom. The van der Waals surface area contributed by atoms with E-state index in [9.17, 15) is 5.11 Å². The molecule has 1 N–H and O–H groups in total. The van der Waals surface area contributed by atoms with Crippen LogP contribution in [0, 0.1) is 0 Å². The molecule has 0 aliphatic heterocycles. The van der Waals surface area contributed by atoms with Crippen LogP contribution in [0.2, 0.25) is 0 Å². The Morgan fingerprint density at radius 1 is 0.643 bits per heavy atom. The second-order valence-electron chi connectivity index (χ2n) is 8.64. The molecule has 1 aromatic carbocycles. The molecule has 0 aliphatic carbocycles. The Bertz CT molecular complexity index is 441. The highest BCUT2D eigenvalue weighted by Gasteiger charge is 2.21. The second-order valence-corrected chi connectivity index (χ2v) is 8.64. The number of para-hydroxylation sites is 1. The highest BCUT2D eigenvalue weighted by atomic mass is 16.6. The first-order valence-corrected chi connectivity index (χ1v) is 12.1. The molecule has 0 aromatic heterocycles. The molecule has 1 atom stereocenters. The Kier molecular flexibility index (Phi) is 15.1. The van der Waals surface area contributed by atoms with E-state index in [-0.39, 0.29) is 0 Å². The number of ether oxygens (including phenoxy) is 1. The van der Waals surface area contributed by atoms with Crippen molar-refractivity contribution >= 4 is 0 Å². The van der Waals surface area contributed by atoms with Crippen molar-refractivity contribution < 1.29 is 9.84 Å². The fraction of sp³-hybridized carbons (Fsp3) is 0.769. The molecule has 28 heavy (non-hydrogen) atoms. The van der Waals surface area contributed by atoms with Crippen LogP contribution in [0.1, 0.15) is 123 Å². The molecule has 0 radical (unpaired) electrons. The van der Waals surface area contributed by atoms with E-state index >= 15 is 0 Å². The molecule has 0 heterocycles. The Balaban J connectivity index is 1.83. The van der Waals surface area contributed by atoms with Gasteiger partial charge in [0.25, 0.3) is 0 Å². The van der Waals surface area contributed by atoms with E-state index in [1.807, 2.05) is 30.3 Å². The van der Waals surface area contributed by atoms with E-state index in [0.29, 0.717) is 6.42 Å². The van der Waals surface area contributed by atoms with Crippen LogP contribution in [0.4, 0.5) is 0 Å². The first-order chi connectivity index (χ1) is 13.6. The van der Waals surface area contributed by atoms with E-state index in [1.54, 1.807) is 6.92 Å². The van der Waals surface area contributed by atoms with Crippen LogP contribution in [0.15, 0.2) is 30.3 Å². The standard InChI is InChI=1S/C26H46O2/c1-3-4-5-6-7-8-9-10-11-12-13-14-15-16-17-21-24-26(2,27)28-25-22-19-18-20-23-25/h18-20,22-23,27H,3-17,21,24H2,1-2H3. The molecule has 0 bridgehead atoms. The normalized spacial score (nSPS) is 13.4. The van der Waals surface area contributed by atoms with Crippen LogP contribution in [0.25, 0.3) is 0 Å². The summed E-state index contributed by atoms with van der Waals surface area (Å²) in [5.74, 6) is -0.318. The van der Waals surface area contributed by atoms with Crippen LogP contribution in [0.5, 0.6) is 5.75 Å². The molecule has 1 rings (SSSR count).